The SMILES string of the molecule is CCNCC(C)CC(C)(C)O[Si]OCC. The minimum absolute atomic E-state index is 0.0809. The Balaban J connectivity index is 3.69. The topological polar surface area (TPSA) is 30.5 Å². The summed E-state index contributed by atoms with van der Waals surface area (Å²) in [6, 6.07) is 0. The van der Waals surface area contributed by atoms with Crippen LogP contribution in [0.5, 0.6) is 0 Å². The van der Waals surface area contributed by atoms with E-state index in [2.05, 4.69) is 33.0 Å². The molecule has 2 radical (unpaired) electrons. The summed E-state index contributed by atoms with van der Waals surface area (Å²) in [6.45, 7) is 13.4. The van der Waals surface area contributed by atoms with Crippen LogP contribution in [0, 0.1) is 5.92 Å². The maximum absolute atomic E-state index is 5.70. The van der Waals surface area contributed by atoms with Crippen molar-refractivity contribution in [3.63, 3.8) is 0 Å². The molecule has 0 aromatic rings. The number of nitrogens with one attached hydrogen (secondary N) is 1. The summed E-state index contributed by atoms with van der Waals surface area (Å²) in [5, 5.41) is 3.35. The van der Waals surface area contributed by atoms with E-state index in [1.165, 1.54) is 0 Å². The summed E-state index contributed by atoms with van der Waals surface area (Å²) < 4.78 is 10.9. The molecule has 0 bridgehead atoms. The molecule has 0 amide bonds. The van der Waals surface area contributed by atoms with Crippen molar-refractivity contribution in [2.45, 2.75) is 46.6 Å². The van der Waals surface area contributed by atoms with Crippen molar-refractivity contribution in [1.82, 2.24) is 5.32 Å². The molecule has 0 aromatic carbocycles. The van der Waals surface area contributed by atoms with Crippen LogP contribution in [0.25, 0.3) is 0 Å². The number of hydrogen-bond donors (Lipinski definition) is 1. The van der Waals surface area contributed by atoms with Crippen molar-refractivity contribution in [3.05, 3.63) is 0 Å². The van der Waals surface area contributed by atoms with Crippen LogP contribution in [0.3, 0.4) is 0 Å². The summed E-state index contributed by atoms with van der Waals surface area (Å²) in [6.07, 6.45) is 1.06. The molecule has 1 N–H and O–H groups in total. The van der Waals surface area contributed by atoms with Crippen LogP contribution in [0.1, 0.15) is 41.0 Å². The third-order valence-electron chi connectivity index (χ3n) is 2.10. The Morgan fingerprint density at radius 1 is 1.33 bits per heavy atom. The van der Waals surface area contributed by atoms with E-state index < -0.39 is 0 Å². The molecule has 0 rings (SSSR count). The molecule has 1 unspecified atom stereocenters. The third-order valence-corrected chi connectivity index (χ3v) is 3.15. The lowest BCUT2D eigenvalue weighted by molar-refractivity contribution is 0.0606. The average molecular weight is 231 g/mol. The Morgan fingerprint density at radius 2 is 2.00 bits per heavy atom. The van der Waals surface area contributed by atoms with Crippen LogP contribution in [0.4, 0.5) is 0 Å². The maximum atomic E-state index is 5.70. The van der Waals surface area contributed by atoms with Crippen molar-refractivity contribution in [3.8, 4) is 0 Å². The van der Waals surface area contributed by atoms with Gasteiger partial charge in [0.05, 0.1) is 5.60 Å². The van der Waals surface area contributed by atoms with Gasteiger partial charge in [0.2, 0.25) is 0 Å². The van der Waals surface area contributed by atoms with Gasteiger partial charge in [-0.15, -0.1) is 0 Å². The van der Waals surface area contributed by atoms with Gasteiger partial charge in [-0.25, -0.2) is 0 Å². The molecule has 90 valence electrons. The van der Waals surface area contributed by atoms with Gasteiger partial charge < -0.3 is 14.2 Å². The van der Waals surface area contributed by atoms with Gasteiger partial charge in [-0.2, -0.15) is 0 Å². The van der Waals surface area contributed by atoms with E-state index >= 15 is 0 Å². The monoisotopic (exact) mass is 231 g/mol. The molecule has 4 heteroatoms. The molecule has 15 heavy (non-hydrogen) atoms. The zero-order chi connectivity index (χ0) is 11.7. The van der Waals surface area contributed by atoms with E-state index in [1.54, 1.807) is 0 Å². The fourth-order valence-electron chi connectivity index (χ4n) is 1.54. The minimum Gasteiger partial charge on any atom is -0.393 e. The standard InChI is InChI=1S/C11H25NO2Si/c1-6-12-9-10(3)8-11(4,5)14-15-13-7-2/h10,12H,6-9H2,1-5H3. The summed E-state index contributed by atoms with van der Waals surface area (Å²) in [4.78, 5) is 0. The van der Waals surface area contributed by atoms with Gasteiger partial charge in [0, 0.05) is 6.61 Å². The molecule has 0 aliphatic heterocycles. The smallest absolute Gasteiger partial charge is 0.393 e. The molecule has 0 heterocycles. The van der Waals surface area contributed by atoms with Gasteiger partial charge in [-0.1, -0.05) is 13.8 Å². The van der Waals surface area contributed by atoms with Gasteiger partial charge >= 0.3 is 10.0 Å². The lowest BCUT2D eigenvalue weighted by atomic mass is 9.95. The summed E-state index contributed by atoms with van der Waals surface area (Å²) >= 11 is 0. The third kappa shape index (κ3) is 9.05. The van der Waals surface area contributed by atoms with Crippen LogP contribution in [-0.4, -0.2) is 35.3 Å². The zero-order valence-corrected chi connectivity index (χ0v) is 11.7. The van der Waals surface area contributed by atoms with Gasteiger partial charge in [0.25, 0.3) is 0 Å². The Morgan fingerprint density at radius 3 is 2.53 bits per heavy atom. The quantitative estimate of drug-likeness (QED) is 0.486. The van der Waals surface area contributed by atoms with Crippen LogP contribution in [-0.2, 0) is 8.85 Å². The molecule has 0 saturated heterocycles. The van der Waals surface area contributed by atoms with Gasteiger partial charge in [0.1, 0.15) is 0 Å². The van der Waals surface area contributed by atoms with Crippen molar-refractivity contribution in [1.29, 1.82) is 0 Å². The zero-order valence-electron chi connectivity index (χ0n) is 10.7. The predicted molar refractivity (Wildman–Crippen MR) is 64.9 cm³/mol. The highest BCUT2D eigenvalue weighted by molar-refractivity contribution is 6.18. The van der Waals surface area contributed by atoms with E-state index in [-0.39, 0.29) is 15.6 Å². The van der Waals surface area contributed by atoms with Gasteiger partial charge in [-0.05, 0) is 46.2 Å². The normalized spacial score (nSPS) is 14.2. The van der Waals surface area contributed by atoms with Crippen molar-refractivity contribution >= 4 is 10.0 Å². The molecule has 3 nitrogen and oxygen atoms in total. The molecule has 0 fully saturated rings. The Kier molecular flexibility index (Phi) is 8.33. The second-order valence-corrected chi connectivity index (χ2v) is 5.15. The van der Waals surface area contributed by atoms with E-state index in [0.717, 1.165) is 26.1 Å². The first-order valence-electron chi connectivity index (χ1n) is 5.77. The molecular weight excluding hydrogens is 206 g/mol. The van der Waals surface area contributed by atoms with Crippen molar-refractivity contribution < 1.29 is 8.85 Å². The number of hydrogen-bond acceptors (Lipinski definition) is 3. The first-order chi connectivity index (χ1) is 7.02. The largest absolute Gasteiger partial charge is 0.433 e. The van der Waals surface area contributed by atoms with E-state index in [9.17, 15) is 0 Å². The van der Waals surface area contributed by atoms with Crippen molar-refractivity contribution in [2.24, 2.45) is 5.92 Å². The Hall–Kier alpha value is 0.0969. The Labute approximate surface area is 97.0 Å². The van der Waals surface area contributed by atoms with E-state index in [1.807, 2.05) is 6.92 Å². The molecule has 0 aliphatic rings. The van der Waals surface area contributed by atoms with E-state index in [4.69, 9.17) is 8.85 Å². The molecule has 0 aliphatic carbocycles. The first kappa shape index (κ1) is 15.1. The fourth-order valence-corrected chi connectivity index (χ4v) is 2.03. The summed E-state index contributed by atoms with van der Waals surface area (Å²) in [5.41, 5.74) is -0.0809. The van der Waals surface area contributed by atoms with Gasteiger partial charge in [0.15, 0.2) is 0 Å². The van der Waals surface area contributed by atoms with E-state index in [0.29, 0.717) is 5.92 Å². The highest BCUT2D eigenvalue weighted by Crippen LogP contribution is 2.19. The minimum atomic E-state index is -0.0809. The second-order valence-electron chi connectivity index (χ2n) is 4.50. The van der Waals surface area contributed by atoms with Crippen molar-refractivity contribution in [2.75, 3.05) is 19.7 Å². The summed E-state index contributed by atoms with van der Waals surface area (Å²) in [5.74, 6) is 0.631. The lowest BCUT2D eigenvalue weighted by Crippen LogP contribution is -2.33. The molecule has 0 aromatic heterocycles. The highest BCUT2D eigenvalue weighted by atomic mass is 28.3. The molecular formula is C11H25NO2Si. The number of rotatable bonds is 9. The Bertz CT molecular complexity index is 154. The lowest BCUT2D eigenvalue weighted by Gasteiger charge is -2.28. The maximum Gasteiger partial charge on any atom is 0.433 e. The van der Waals surface area contributed by atoms with Gasteiger partial charge in [-0.3, -0.25) is 0 Å². The molecule has 0 saturated carbocycles. The average Bonchev–Trinajstić information content (AvgIpc) is 2.14. The van der Waals surface area contributed by atoms with Crippen LogP contribution < -0.4 is 5.32 Å². The molecule has 0 spiro atoms. The first-order valence-corrected chi connectivity index (χ1v) is 6.59. The molecule has 1 atom stereocenters. The van der Waals surface area contributed by atoms with Crippen LogP contribution in [0.2, 0.25) is 0 Å². The summed E-state index contributed by atoms with van der Waals surface area (Å²) in [7, 11) is 0.165. The fraction of sp³-hybridized carbons (Fsp3) is 1.00. The van der Waals surface area contributed by atoms with Crippen LogP contribution >= 0.6 is 0 Å². The highest BCUT2D eigenvalue weighted by Gasteiger charge is 2.21. The predicted octanol–water partition coefficient (Wildman–Crippen LogP) is 1.99. The second kappa shape index (κ2) is 8.27. The van der Waals surface area contributed by atoms with Crippen LogP contribution in [0.15, 0.2) is 0 Å².